The summed E-state index contributed by atoms with van der Waals surface area (Å²) in [6.07, 6.45) is 4.83. The molecule has 1 aromatic carbocycles. The van der Waals surface area contributed by atoms with Crippen LogP contribution in [-0.4, -0.2) is 27.6 Å². The third-order valence-electron chi connectivity index (χ3n) is 5.43. The van der Waals surface area contributed by atoms with Crippen molar-refractivity contribution in [1.29, 1.82) is 0 Å². The molecule has 0 unspecified atom stereocenters. The van der Waals surface area contributed by atoms with Crippen LogP contribution in [0.15, 0.2) is 59.7 Å². The normalized spacial score (nSPS) is 12.9. The van der Waals surface area contributed by atoms with Crippen LogP contribution < -0.4 is 15.6 Å². The Labute approximate surface area is 196 Å². The zero-order valence-corrected chi connectivity index (χ0v) is 18.8. The molecule has 32 heavy (non-hydrogen) atoms. The van der Waals surface area contributed by atoms with E-state index in [-0.39, 0.29) is 37.0 Å². The molecule has 9 heteroatoms. The molecule has 0 spiro atoms. The number of nitrogens with one attached hydrogen (secondary N) is 2. The monoisotopic (exact) mass is 476 g/mol. The van der Waals surface area contributed by atoms with Gasteiger partial charge in [0, 0.05) is 41.8 Å². The maximum Gasteiger partial charge on any atom is 0.258 e. The zero-order chi connectivity index (χ0) is 20.5. The Bertz CT molecular complexity index is 1270. The first-order valence-electron chi connectivity index (χ1n) is 9.98. The molecule has 6 nitrogen and oxygen atoms in total. The standard InChI is InChI=1S/C23H21FN4O2.2ClH/c24-15-1-2-16(26-13-15)14-30-18-7-10-28(23(29)12-18)17-3-4-19-20-5-8-25-9-6-21(20)27-22(19)11-17;;/h1-4,7,10-13,25,27H,5-6,8-9,14H2;2*1H. The lowest BCUT2D eigenvalue weighted by atomic mass is 10.1. The number of rotatable bonds is 4. The molecule has 5 rings (SSSR count). The molecular weight excluding hydrogens is 454 g/mol. The highest BCUT2D eigenvalue weighted by Crippen LogP contribution is 2.26. The molecule has 0 bridgehead atoms. The van der Waals surface area contributed by atoms with Gasteiger partial charge in [-0.05, 0) is 48.9 Å². The number of H-pyrrole nitrogens is 1. The molecule has 0 atom stereocenters. The zero-order valence-electron chi connectivity index (χ0n) is 17.1. The van der Waals surface area contributed by atoms with Crippen LogP contribution in [0.2, 0.25) is 0 Å². The second-order valence-corrected chi connectivity index (χ2v) is 7.39. The summed E-state index contributed by atoms with van der Waals surface area (Å²) in [5, 5.41) is 4.64. The third kappa shape index (κ3) is 4.80. The number of benzene rings is 1. The summed E-state index contributed by atoms with van der Waals surface area (Å²) in [7, 11) is 0. The van der Waals surface area contributed by atoms with Crippen molar-refractivity contribution in [2.24, 2.45) is 0 Å². The Kier molecular flexibility index (Phi) is 7.56. The lowest BCUT2D eigenvalue weighted by Crippen LogP contribution is -2.17. The lowest BCUT2D eigenvalue weighted by molar-refractivity contribution is 0.300. The highest BCUT2D eigenvalue weighted by atomic mass is 35.5. The number of hydrogen-bond acceptors (Lipinski definition) is 4. The van der Waals surface area contributed by atoms with Gasteiger partial charge in [-0.15, -0.1) is 24.8 Å². The highest BCUT2D eigenvalue weighted by molar-refractivity contribution is 5.86. The van der Waals surface area contributed by atoms with Gasteiger partial charge >= 0.3 is 0 Å². The fourth-order valence-electron chi connectivity index (χ4n) is 3.91. The van der Waals surface area contributed by atoms with Gasteiger partial charge in [-0.25, -0.2) is 4.39 Å². The van der Waals surface area contributed by atoms with E-state index >= 15 is 0 Å². The Morgan fingerprint density at radius 3 is 2.69 bits per heavy atom. The van der Waals surface area contributed by atoms with Crippen molar-refractivity contribution in [2.75, 3.05) is 13.1 Å². The van der Waals surface area contributed by atoms with Crippen molar-refractivity contribution in [3.8, 4) is 11.4 Å². The highest BCUT2D eigenvalue weighted by Gasteiger charge is 2.14. The molecule has 3 aromatic heterocycles. The molecule has 0 radical (unpaired) electrons. The summed E-state index contributed by atoms with van der Waals surface area (Å²) in [5.41, 5.74) is 4.90. The van der Waals surface area contributed by atoms with E-state index < -0.39 is 5.82 Å². The first-order chi connectivity index (χ1) is 14.7. The smallest absolute Gasteiger partial charge is 0.258 e. The van der Waals surface area contributed by atoms with Crippen molar-refractivity contribution in [3.05, 3.63) is 88.0 Å². The Balaban J connectivity index is 0.00000144. The number of pyridine rings is 2. The van der Waals surface area contributed by atoms with Crippen molar-refractivity contribution < 1.29 is 9.13 Å². The second kappa shape index (κ2) is 10.2. The summed E-state index contributed by atoms with van der Waals surface area (Å²) in [5.74, 6) is 0.0519. The van der Waals surface area contributed by atoms with Gasteiger partial charge < -0.3 is 15.0 Å². The average Bonchev–Trinajstić information content (AvgIpc) is 2.93. The van der Waals surface area contributed by atoms with E-state index in [1.54, 1.807) is 22.9 Å². The maximum absolute atomic E-state index is 12.9. The van der Waals surface area contributed by atoms with Crippen molar-refractivity contribution in [3.63, 3.8) is 0 Å². The van der Waals surface area contributed by atoms with E-state index in [9.17, 15) is 9.18 Å². The summed E-state index contributed by atoms with van der Waals surface area (Å²) < 4.78 is 20.2. The van der Waals surface area contributed by atoms with Crippen molar-refractivity contribution in [1.82, 2.24) is 19.9 Å². The van der Waals surface area contributed by atoms with E-state index in [0.29, 0.717) is 11.4 Å². The van der Waals surface area contributed by atoms with Crippen LogP contribution >= 0.6 is 24.8 Å². The van der Waals surface area contributed by atoms with Crippen LogP contribution in [0.5, 0.6) is 5.75 Å². The number of fused-ring (bicyclic) bond motifs is 3. The minimum Gasteiger partial charge on any atom is -0.487 e. The number of hydrogen-bond donors (Lipinski definition) is 2. The molecule has 0 fully saturated rings. The lowest BCUT2D eigenvalue weighted by Gasteiger charge is -2.09. The number of aromatic nitrogens is 3. The fraction of sp³-hybridized carbons (Fsp3) is 0.217. The quantitative estimate of drug-likeness (QED) is 0.467. The molecule has 0 aliphatic carbocycles. The maximum atomic E-state index is 12.9. The third-order valence-corrected chi connectivity index (χ3v) is 5.43. The van der Waals surface area contributed by atoms with E-state index in [0.717, 1.165) is 43.3 Å². The summed E-state index contributed by atoms with van der Waals surface area (Å²) in [6.45, 7) is 2.12. The molecule has 4 aromatic rings. The van der Waals surface area contributed by atoms with Crippen molar-refractivity contribution >= 4 is 35.7 Å². The summed E-state index contributed by atoms with van der Waals surface area (Å²) in [6, 6.07) is 12.1. The van der Waals surface area contributed by atoms with Gasteiger partial charge in [0.25, 0.3) is 5.56 Å². The van der Waals surface area contributed by atoms with Gasteiger partial charge in [0.05, 0.1) is 17.6 Å². The molecule has 1 aliphatic rings. The largest absolute Gasteiger partial charge is 0.487 e. The molecular formula is C23H23Cl2FN4O2. The number of ether oxygens (including phenoxy) is 1. The molecule has 4 heterocycles. The first-order valence-corrected chi connectivity index (χ1v) is 9.98. The van der Waals surface area contributed by atoms with E-state index in [2.05, 4.69) is 21.4 Å². The van der Waals surface area contributed by atoms with Gasteiger partial charge in [0.15, 0.2) is 0 Å². The van der Waals surface area contributed by atoms with E-state index in [1.165, 1.54) is 28.8 Å². The Morgan fingerprint density at radius 1 is 1.06 bits per heavy atom. The van der Waals surface area contributed by atoms with Crippen LogP contribution in [0, 0.1) is 5.82 Å². The molecule has 0 saturated heterocycles. The van der Waals surface area contributed by atoms with Gasteiger partial charge in [-0.3, -0.25) is 14.3 Å². The van der Waals surface area contributed by atoms with Gasteiger partial charge in [0.1, 0.15) is 18.2 Å². The Hall–Kier alpha value is -2.87. The first kappa shape index (κ1) is 23.8. The van der Waals surface area contributed by atoms with Crippen LogP contribution in [-0.2, 0) is 19.4 Å². The Morgan fingerprint density at radius 2 is 1.91 bits per heavy atom. The van der Waals surface area contributed by atoms with Gasteiger partial charge in [-0.2, -0.15) is 0 Å². The topological polar surface area (TPSA) is 71.9 Å². The molecule has 168 valence electrons. The number of nitrogens with zero attached hydrogens (tertiary/aromatic N) is 2. The predicted octanol–water partition coefficient (Wildman–Crippen LogP) is 3.96. The fourth-order valence-corrected chi connectivity index (χ4v) is 3.91. The van der Waals surface area contributed by atoms with Crippen molar-refractivity contribution in [2.45, 2.75) is 19.4 Å². The summed E-state index contributed by atoms with van der Waals surface area (Å²) >= 11 is 0. The molecule has 0 amide bonds. The summed E-state index contributed by atoms with van der Waals surface area (Å²) in [4.78, 5) is 20.1. The van der Waals surface area contributed by atoms with Crippen LogP contribution in [0.25, 0.3) is 16.6 Å². The predicted molar refractivity (Wildman–Crippen MR) is 127 cm³/mol. The van der Waals surface area contributed by atoms with E-state index in [1.807, 2.05) is 12.1 Å². The second-order valence-electron chi connectivity index (χ2n) is 7.39. The minimum atomic E-state index is -0.395. The van der Waals surface area contributed by atoms with Crippen LogP contribution in [0.1, 0.15) is 17.0 Å². The average molecular weight is 477 g/mol. The molecule has 1 aliphatic heterocycles. The van der Waals surface area contributed by atoms with E-state index in [4.69, 9.17) is 4.74 Å². The van der Waals surface area contributed by atoms with Gasteiger partial charge in [-0.1, -0.05) is 6.07 Å². The van der Waals surface area contributed by atoms with Crippen LogP contribution in [0.4, 0.5) is 4.39 Å². The molecule has 0 saturated carbocycles. The minimum absolute atomic E-state index is 0. The SMILES string of the molecule is Cl.Cl.O=c1cc(OCc2ccc(F)cn2)ccn1-c1ccc2c3c([nH]c2c1)CCNCC3. The number of aromatic amines is 1. The van der Waals surface area contributed by atoms with Crippen LogP contribution in [0.3, 0.4) is 0 Å². The molecule has 2 N–H and O–H groups in total. The van der Waals surface area contributed by atoms with Gasteiger partial charge in [0.2, 0.25) is 0 Å². The number of halogens is 3.